The number of nitrogens with one attached hydrogen (secondary N) is 1. The van der Waals surface area contributed by atoms with E-state index in [0.717, 1.165) is 36.0 Å². The van der Waals surface area contributed by atoms with E-state index >= 15 is 8.78 Å². The Morgan fingerprint density at radius 3 is 2.17 bits per heavy atom. The fourth-order valence-electron chi connectivity index (χ4n) is 6.57. The van der Waals surface area contributed by atoms with Crippen LogP contribution in [0.1, 0.15) is 40.7 Å². The van der Waals surface area contributed by atoms with Crippen LogP contribution in [0.15, 0.2) is 77.6 Å². The van der Waals surface area contributed by atoms with Crippen LogP contribution in [-0.2, 0) is 24.4 Å². The highest BCUT2D eigenvalue weighted by atomic mass is 19.4. The number of fused-ring (bicyclic) bond motifs is 2. The third-order valence-electron chi connectivity index (χ3n) is 8.87. The summed E-state index contributed by atoms with van der Waals surface area (Å²) in [5.74, 6) is -5.03. The second kappa shape index (κ2) is 12.7. The predicted octanol–water partition coefficient (Wildman–Crippen LogP) is 7.07. The molecule has 2 N–H and O–H groups in total. The number of aryl methyl sites for hydroxylation is 1. The first-order valence-electron chi connectivity index (χ1n) is 15.3. The molecule has 1 aromatic heterocycles. The SMILES string of the molecule is Cn1c(=O)c(-c2cccc3c(CC(NC(=O)c4c(F)cc(N5CCCCC5)cc4F)C(=O)O)cccc23)c(C(F)(F)F)c2ccccc21. The van der Waals surface area contributed by atoms with Crippen molar-refractivity contribution in [2.75, 3.05) is 18.0 Å². The zero-order chi connectivity index (χ0) is 34.3. The Kier molecular flexibility index (Phi) is 8.67. The van der Waals surface area contributed by atoms with Crippen molar-refractivity contribution >= 4 is 39.2 Å². The van der Waals surface area contributed by atoms with Gasteiger partial charge in [0.2, 0.25) is 0 Å². The number of hydrogen-bond acceptors (Lipinski definition) is 4. The van der Waals surface area contributed by atoms with Gasteiger partial charge in [0, 0.05) is 37.6 Å². The molecule has 7 nitrogen and oxygen atoms in total. The first-order chi connectivity index (χ1) is 22.9. The molecule has 0 spiro atoms. The summed E-state index contributed by atoms with van der Waals surface area (Å²) in [6.07, 6.45) is -2.53. The number of alkyl halides is 3. The lowest BCUT2D eigenvalue weighted by Gasteiger charge is -2.29. The van der Waals surface area contributed by atoms with Crippen LogP contribution in [0.2, 0.25) is 0 Å². The average molecular weight is 664 g/mol. The highest BCUT2D eigenvalue weighted by molar-refractivity contribution is 6.02. The van der Waals surface area contributed by atoms with Gasteiger partial charge in [-0.05, 0) is 59.4 Å². The molecule has 1 atom stereocenters. The maximum Gasteiger partial charge on any atom is 0.417 e. The molecule has 0 bridgehead atoms. The number of amides is 1. The van der Waals surface area contributed by atoms with Gasteiger partial charge in [-0.1, -0.05) is 54.6 Å². The van der Waals surface area contributed by atoms with Crippen molar-refractivity contribution in [1.29, 1.82) is 0 Å². The molecule has 1 aliphatic heterocycles. The van der Waals surface area contributed by atoms with Crippen LogP contribution >= 0.6 is 0 Å². The second-order valence-corrected chi connectivity index (χ2v) is 11.8. The van der Waals surface area contributed by atoms with E-state index in [2.05, 4.69) is 5.32 Å². The standard InChI is InChI=1S/C36H30F5N3O4/c1-43-29-14-4-3-10-25(29)32(36(39,40)41)30(34(43)46)24-13-8-11-22-20(9-7-12-23(22)24)17-28(35(47)48)42-33(45)31-26(37)18-21(19-27(31)38)44-15-5-2-6-16-44/h3-4,7-14,18-19,28H,2,5-6,15-17H2,1H3,(H,42,45)(H,47,48). The largest absolute Gasteiger partial charge is 0.480 e. The van der Waals surface area contributed by atoms with Crippen molar-refractivity contribution in [2.45, 2.75) is 37.9 Å². The molecule has 0 radical (unpaired) electrons. The molecular formula is C36H30F5N3O4. The Morgan fingerprint density at radius 2 is 1.50 bits per heavy atom. The van der Waals surface area contributed by atoms with Gasteiger partial charge in [-0.3, -0.25) is 9.59 Å². The van der Waals surface area contributed by atoms with Gasteiger partial charge in [0.05, 0.1) is 16.6 Å². The number of pyridine rings is 1. The highest BCUT2D eigenvalue weighted by Crippen LogP contribution is 2.42. The molecule has 1 amide bonds. The van der Waals surface area contributed by atoms with Gasteiger partial charge >= 0.3 is 12.1 Å². The molecule has 4 aromatic carbocycles. The molecule has 1 saturated heterocycles. The number of rotatable bonds is 7. The average Bonchev–Trinajstić information content (AvgIpc) is 3.05. The van der Waals surface area contributed by atoms with E-state index < -0.39 is 58.0 Å². The van der Waals surface area contributed by atoms with Gasteiger partial charge in [-0.2, -0.15) is 13.2 Å². The molecule has 6 rings (SSSR count). The van der Waals surface area contributed by atoms with Crippen LogP contribution in [0.3, 0.4) is 0 Å². The van der Waals surface area contributed by atoms with E-state index in [9.17, 15) is 32.7 Å². The van der Waals surface area contributed by atoms with Gasteiger partial charge in [0.1, 0.15) is 23.2 Å². The Balaban J connectivity index is 1.38. The highest BCUT2D eigenvalue weighted by Gasteiger charge is 2.38. The summed E-state index contributed by atoms with van der Waals surface area (Å²) in [5.41, 5.74) is -2.75. The Bertz CT molecular complexity index is 2110. The van der Waals surface area contributed by atoms with Gasteiger partial charge in [0.15, 0.2) is 0 Å². The quantitative estimate of drug-likeness (QED) is 0.182. The van der Waals surface area contributed by atoms with Crippen LogP contribution in [0.25, 0.3) is 32.8 Å². The number of nitrogens with zero attached hydrogens (tertiary/aromatic N) is 2. The molecule has 1 fully saturated rings. The van der Waals surface area contributed by atoms with E-state index in [4.69, 9.17) is 0 Å². The summed E-state index contributed by atoms with van der Waals surface area (Å²) in [5, 5.41) is 12.6. The van der Waals surface area contributed by atoms with Crippen molar-refractivity contribution in [3.05, 3.63) is 111 Å². The molecule has 0 saturated carbocycles. The molecular weight excluding hydrogens is 633 g/mol. The van der Waals surface area contributed by atoms with Crippen molar-refractivity contribution < 1.29 is 36.6 Å². The second-order valence-electron chi connectivity index (χ2n) is 11.8. The third-order valence-corrected chi connectivity index (χ3v) is 8.87. The molecule has 1 unspecified atom stereocenters. The minimum Gasteiger partial charge on any atom is -0.480 e. The molecule has 248 valence electrons. The predicted molar refractivity (Wildman–Crippen MR) is 172 cm³/mol. The minimum absolute atomic E-state index is 0.0122. The first kappa shape index (κ1) is 32.7. The third kappa shape index (κ3) is 5.98. The summed E-state index contributed by atoms with van der Waals surface area (Å²) in [6.45, 7) is 1.23. The lowest BCUT2D eigenvalue weighted by Crippen LogP contribution is -2.43. The van der Waals surface area contributed by atoms with Gasteiger partial charge in [0.25, 0.3) is 11.5 Å². The van der Waals surface area contributed by atoms with Crippen LogP contribution in [0.5, 0.6) is 0 Å². The van der Waals surface area contributed by atoms with E-state index in [1.165, 1.54) is 61.6 Å². The lowest BCUT2D eigenvalue weighted by atomic mass is 9.90. The number of aliphatic carboxylic acids is 1. The molecule has 48 heavy (non-hydrogen) atoms. The van der Waals surface area contributed by atoms with Gasteiger partial charge in [-0.15, -0.1) is 0 Å². The van der Waals surface area contributed by atoms with Crippen LogP contribution in [-0.4, -0.2) is 40.7 Å². The Morgan fingerprint density at radius 1 is 0.875 bits per heavy atom. The summed E-state index contributed by atoms with van der Waals surface area (Å²) < 4.78 is 75.3. The van der Waals surface area contributed by atoms with Crippen LogP contribution in [0.4, 0.5) is 27.6 Å². The van der Waals surface area contributed by atoms with Crippen molar-refractivity contribution in [3.63, 3.8) is 0 Å². The maximum absolute atomic E-state index is 15.1. The Labute approximate surface area is 271 Å². The number of para-hydroxylation sites is 1. The summed E-state index contributed by atoms with van der Waals surface area (Å²) in [4.78, 5) is 40.7. The summed E-state index contributed by atoms with van der Waals surface area (Å²) >= 11 is 0. The molecule has 2 heterocycles. The lowest BCUT2D eigenvalue weighted by molar-refractivity contribution is -0.139. The number of carbonyl (C=O) groups is 2. The molecule has 1 aliphatic rings. The molecule has 12 heteroatoms. The topological polar surface area (TPSA) is 91.6 Å². The van der Waals surface area contributed by atoms with Gasteiger partial charge < -0.3 is 19.9 Å². The zero-order valence-electron chi connectivity index (χ0n) is 25.7. The van der Waals surface area contributed by atoms with Gasteiger partial charge in [-0.25, -0.2) is 13.6 Å². The fourth-order valence-corrected chi connectivity index (χ4v) is 6.57. The van der Waals surface area contributed by atoms with E-state index in [-0.39, 0.29) is 34.0 Å². The minimum atomic E-state index is -4.89. The first-order valence-corrected chi connectivity index (χ1v) is 15.3. The number of carbonyl (C=O) groups excluding carboxylic acids is 1. The molecule has 0 aliphatic carbocycles. The summed E-state index contributed by atoms with van der Waals surface area (Å²) in [7, 11) is 1.39. The monoisotopic (exact) mass is 663 g/mol. The van der Waals surface area contributed by atoms with Crippen LogP contribution < -0.4 is 15.8 Å². The number of benzene rings is 4. The number of piperidine rings is 1. The van der Waals surface area contributed by atoms with E-state index in [1.807, 2.05) is 4.90 Å². The van der Waals surface area contributed by atoms with E-state index in [0.29, 0.717) is 24.0 Å². The fraction of sp³-hybridized carbons (Fsp3) is 0.250. The normalized spacial score (nSPS) is 14.3. The molecule has 5 aromatic rings. The maximum atomic E-state index is 15.1. The van der Waals surface area contributed by atoms with Crippen molar-refractivity contribution in [2.24, 2.45) is 7.05 Å². The number of anilines is 1. The number of carboxylic acid groups (broad SMARTS) is 1. The van der Waals surface area contributed by atoms with Crippen molar-refractivity contribution in [1.82, 2.24) is 9.88 Å². The number of halogens is 5. The number of hydrogen-bond donors (Lipinski definition) is 2. The zero-order valence-corrected chi connectivity index (χ0v) is 25.7. The van der Waals surface area contributed by atoms with Crippen molar-refractivity contribution in [3.8, 4) is 11.1 Å². The number of carboxylic acids is 1. The number of aromatic nitrogens is 1. The summed E-state index contributed by atoms with van der Waals surface area (Å²) in [6, 6.07) is 15.1. The Hall–Kier alpha value is -5.26. The van der Waals surface area contributed by atoms with E-state index in [1.54, 1.807) is 6.07 Å². The smallest absolute Gasteiger partial charge is 0.417 e. The van der Waals surface area contributed by atoms with Crippen LogP contribution in [0, 0.1) is 11.6 Å².